The van der Waals surface area contributed by atoms with Crippen LogP contribution >= 0.6 is 23.2 Å². The molecular formula is C29H36Cl2N2O3S. The van der Waals surface area contributed by atoms with E-state index in [1.54, 1.807) is 6.08 Å². The molecule has 0 spiro atoms. The molecule has 1 aliphatic carbocycles. The largest absolute Gasteiger partial charge is 0.330 e. The summed E-state index contributed by atoms with van der Waals surface area (Å²) in [5.41, 5.74) is 1.31. The van der Waals surface area contributed by atoms with Gasteiger partial charge < -0.3 is 4.90 Å². The minimum Gasteiger partial charge on any atom is -0.330 e. The lowest BCUT2D eigenvalue weighted by Gasteiger charge is -2.53. The molecule has 1 heterocycles. The van der Waals surface area contributed by atoms with Crippen molar-refractivity contribution in [3.63, 3.8) is 0 Å². The molecule has 1 saturated heterocycles. The lowest BCUT2D eigenvalue weighted by molar-refractivity contribution is -0.155. The van der Waals surface area contributed by atoms with Crippen LogP contribution in [0.1, 0.15) is 76.0 Å². The molecule has 2 aromatic rings. The topological polar surface area (TPSA) is 66.5 Å². The summed E-state index contributed by atoms with van der Waals surface area (Å²) in [5, 5.41) is 0.923. The molecular weight excluding hydrogens is 527 g/mol. The van der Waals surface area contributed by atoms with Gasteiger partial charge in [0.2, 0.25) is 15.9 Å². The monoisotopic (exact) mass is 562 g/mol. The van der Waals surface area contributed by atoms with E-state index in [2.05, 4.69) is 17.4 Å². The van der Waals surface area contributed by atoms with E-state index in [9.17, 15) is 13.2 Å². The maximum atomic E-state index is 14.4. The second-order valence-electron chi connectivity index (χ2n) is 10.8. The molecule has 4 rings (SSSR count). The van der Waals surface area contributed by atoms with Gasteiger partial charge >= 0.3 is 0 Å². The van der Waals surface area contributed by atoms with Gasteiger partial charge in [0.1, 0.15) is 0 Å². The molecule has 2 aliphatic rings. The third kappa shape index (κ3) is 5.93. The molecule has 1 amide bonds. The highest BCUT2D eigenvalue weighted by molar-refractivity contribution is 7.90. The van der Waals surface area contributed by atoms with Crippen molar-refractivity contribution in [3.05, 3.63) is 82.4 Å². The van der Waals surface area contributed by atoms with E-state index in [0.29, 0.717) is 42.1 Å². The number of nitrogens with zero attached hydrogens (tertiary/aromatic N) is 1. The number of allylic oxidation sites excluding steroid dienone is 1. The van der Waals surface area contributed by atoms with Crippen LogP contribution in [0.3, 0.4) is 0 Å². The molecule has 1 unspecified atom stereocenters. The zero-order valence-electron chi connectivity index (χ0n) is 21.7. The number of carbonyl (C=O) groups is 1. The highest BCUT2D eigenvalue weighted by atomic mass is 35.5. The number of piperidine rings is 1. The molecule has 200 valence electrons. The van der Waals surface area contributed by atoms with Gasteiger partial charge in [0, 0.05) is 28.0 Å². The summed E-state index contributed by atoms with van der Waals surface area (Å²) >= 11 is 12.7. The second-order valence-corrected chi connectivity index (χ2v) is 13.6. The van der Waals surface area contributed by atoms with Crippen LogP contribution in [-0.2, 0) is 14.8 Å². The normalized spacial score (nSPS) is 26.1. The van der Waals surface area contributed by atoms with Gasteiger partial charge in [-0.15, -0.1) is 6.58 Å². The molecule has 5 nitrogen and oxygen atoms in total. The molecule has 1 aliphatic heterocycles. The minimum absolute atomic E-state index is 0.00921. The Hall–Kier alpha value is -1.86. The van der Waals surface area contributed by atoms with Crippen molar-refractivity contribution in [1.29, 1.82) is 0 Å². The first-order valence-electron chi connectivity index (χ1n) is 13.0. The van der Waals surface area contributed by atoms with Crippen molar-refractivity contribution < 1.29 is 13.2 Å². The summed E-state index contributed by atoms with van der Waals surface area (Å²) in [5.74, 6) is -0.0567. The molecule has 1 N–H and O–H groups in total. The first kappa shape index (κ1) is 28.2. The fourth-order valence-corrected chi connectivity index (χ4v) is 7.81. The fraction of sp³-hybridized carbons (Fsp3) is 0.483. The van der Waals surface area contributed by atoms with Gasteiger partial charge in [-0.3, -0.25) is 4.79 Å². The number of halogens is 2. The van der Waals surface area contributed by atoms with Gasteiger partial charge in [0.25, 0.3) is 0 Å². The predicted octanol–water partition coefficient (Wildman–Crippen LogP) is 6.88. The first-order valence-corrected chi connectivity index (χ1v) is 15.3. The number of sulfonamides is 1. The highest BCUT2D eigenvalue weighted by Crippen LogP contribution is 2.52. The van der Waals surface area contributed by atoms with E-state index in [1.165, 1.54) is 0 Å². The van der Waals surface area contributed by atoms with E-state index in [0.717, 1.165) is 11.1 Å². The van der Waals surface area contributed by atoms with Crippen LogP contribution in [0.2, 0.25) is 10.0 Å². The van der Waals surface area contributed by atoms with Crippen molar-refractivity contribution in [2.24, 2.45) is 5.41 Å². The summed E-state index contributed by atoms with van der Waals surface area (Å²) in [4.78, 5) is 16.3. The molecule has 1 saturated carbocycles. The molecule has 0 aromatic heterocycles. The van der Waals surface area contributed by atoms with Crippen LogP contribution < -0.4 is 4.72 Å². The van der Waals surface area contributed by atoms with E-state index < -0.39 is 21.5 Å². The summed E-state index contributed by atoms with van der Waals surface area (Å²) in [6.45, 7) is 9.80. The SMILES string of the molecule is C=CC[C@@]1(C)C[C@H](c2cccc(Cl)c2)[C@@H](c2ccc(Cl)cc2)N(C(CC)[C@@H](C)NS(=O)(=O)C2CC2)C1=O. The first-order chi connectivity index (χ1) is 17.5. The van der Waals surface area contributed by atoms with Gasteiger partial charge in [-0.2, -0.15) is 0 Å². The van der Waals surface area contributed by atoms with E-state index in [-0.39, 0.29) is 29.2 Å². The number of benzene rings is 2. The molecule has 0 bridgehead atoms. The van der Waals surface area contributed by atoms with Crippen LogP contribution in [0, 0.1) is 5.41 Å². The maximum absolute atomic E-state index is 14.4. The zero-order valence-corrected chi connectivity index (χ0v) is 24.0. The van der Waals surface area contributed by atoms with Crippen molar-refractivity contribution >= 4 is 39.1 Å². The quantitative estimate of drug-likeness (QED) is 0.321. The molecule has 5 atom stereocenters. The Morgan fingerprint density at radius 3 is 2.38 bits per heavy atom. The Morgan fingerprint density at radius 2 is 1.81 bits per heavy atom. The predicted molar refractivity (Wildman–Crippen MR) is 151 cm³/mol. The Morgan fingerprint density at radius 1 is 1.14 bits per heavy atom. The molecule has 0 radical (unpaired) electrons. The Kier molecular flexibility index (Phi) is 8.44. The fourth-order valence-electron chi connectivity index (χ4n) is 5.86. The Balaban J connectivity index is 1.86. The van der Waals surface area contributed by atoms with Crippen LogP contribution in [0.4, 0.5) is 0 Å². The van der Waals surface area contributed by atoms with E-state index in [1.807, 2.05) is 68.1 Å². The third-order valence-corrected chi connectivity index (χ3v) is 10.4. The summed E-state index contributed by atoms with van der Waals surface area (Å²) in [6.07, 6.45) is 4.89. The maximum Gasteiger partial charge on any atom is 0.229 e. The number of nitrogens with one attached hydrogen (secondary N) is 1. The van der Waals surface area contributed by atoms with Crippen molar-refractivity contribution in [2.45, 2.75) is 82.2 Å². The standard InChI is InChI=1S/C29H36Cl2N2O3S/c1-5-16-29(4)18-25(21-8-7-9-23(31)17-21)27(20-10-12-22(30)13-11-20)33(28(29)34)26(6-2)19(3)32-37(35,36)24-14-15-24/h5,7-13,17,19,24-27,32H,1,6,14-16,18H2,2-4H3/t19-,25-,26?,27-,29+/m1/s1. The molecule has 37 heavy (non-hydrogen) atoms. The average molecular weight is 564 g/mol. The zero-order chi connectivity index (χ0) is 27.0. The smallest absolute Gasteiger partial charge is 0.229 e. The third-order valence-electron chi connectivity index (χ3n) is 7.85. The van der Waals surface area contributed by atoms with Crippen LogP contribution in [-0.4, -0.2) is 36.6 Å². The molecule has 2 aromatic carbocycles. The summed E-state index contributed by atoms with van der Waals surface area (Å²) in [7, 11) is -3.43. The van der Waals surface area contributed by atoms with Crippen LogP contribution in [0.5, 0.6) is 0 Å². The van der Waals surface area contributed by atoms with E-state index >= 15 is 0 Å². The van der Waals surface area contributed by atoms with Crippen LogP contribution in [0.25, 0.3) is 0 Å². The number of amides is 1. The van der Waals surface area contributed by atoms with Gasteiger partial charge in [-0.1, -0.05) is 67.4 Å². The summed E-state index contributed by atoms with van der Waals surface area (Å²) < 4.78 is 28.7. The lowest BCUT2D eigenvalue weighted by Crippen LogP contribution is -2.60. The van der Waals surface area contributed by atoms with E-state index in [4.69, 9.17) is 23.2 Å². The van der Waals surface area contributed by atoms with Gasteiger partial charge in [-0.05, 0) is 74.4 Å². The second kappa shape index (κ2) is 11.1. The summed E-state index contributed by atoms with van der Waals surface area (Å²) in [6, 6.07) is 14.3. The number of carbonyl (C=O) groups excluding carboxylic acids is 1. The Bertz CT molecular complexity index is 1250. The van der Waals surface area contributed by atoms with Crippen molar-refractivity contribution in [3.8, 4) is 0 Å². The van der Waals surface area contributed by atoms with Crippen LogP contribution in [0.15, 0.2) is 61.2 Å². The molecule has 2 fully saturated rings. The van der Waals surface area contributed by atoms with Gasteiger partial charge in [0.15, 0.2) is 0 Å². The highest BCUT2D eigenvalue weighted by Gasteiger charge is 2.52. The van der Waals surface area contributed by atoms with Crippen molar-refractivity contribution in [2.75, 3.05) is 0 Å². The lowest BCUT2D eigenvalue weighted by atomic mass is 9.67. The number of hydrogen-bond donors (Lipinski definition) is 1. The number of rotatable bonds is 10. The van der Waals surface area contributed by atoms with Crippen molar-refractivity contribution in [1.82, 2.24) is 9.62 Å². The van der Waals surface area contributed by atoms with Gasteiger partial charge in [0.05, 0.1) is 16.7 Å². The Labute approximate surface area is 231 Å². The average Bonchev–Trinajstić information content (AvgIpc) is 3.69. The molecule has 8 heteroatoms. The number of hydrogen-bond acceptors (Lipinski definition) is 3. The van der Waals surface area contributed by atoms with Gasteiger partial charge in [-0.25, -0.2) is 13.1 Å². The number of likely N-dealkylation sites (tertiary alicyclic amines) is 1. The minimum atomic E-state index is -3.43.